The second kappa shape index (κ2) is 12.5. The Morgan fingerprint density at radius 3 is 2.53 bits per heavy atom. The van der Waals surface area contributed by atoms with Gasteiger partial charge in [0.15, 0.2) is 0 Å². The zero-order chi connectivity index (χ0) is 24.4. The van der Waals surface area contributed by atoms with Gasteiger partial charge in [-0.2, -0.15) is 4.31 Å². The summed E-state index contributed by atoms with van der Waals surface area (Å²) < 4.78 is 42.9. The molecule has 0 unspecified atom stereocenters. The van der Waals surface area contributed by atoms with Gasteiger partial charge in [0.25, 0.3) is 5.91 Å². The maximum atomic E-state index is 12.8. The van der Waals surface area contributed by atoms with Gasteiger partial charge in [0.1, 0.15) is 18.9 Å². The van der Waals surface area contributed by atoms with Crippen molar-refractivity contribution in [3.8, 4) is 5.75 Å². The van der Waals surface area contributed by atoms with Crippen LogP contribution < -0.4 is 10.1 Å². The van der Waals surface area contributed by atoms with Gasteiger partial charge >= 0.3 is 5.97 Å². The molecule has 0 radical (unpaired) electrons. The lowest BCUT2D eigenvalue weighted by molar-refractivity contribution is -0.143. The summed E-state index contributed by atoms with van der Waals surface area (Å²) in [6.07, 6.45) is 1.99. The van der Waals surface area contributed by atoms with E-state index in [2.05, 4.69) is 12.2 Å². The Morgan fingerprint density at radius 1 is 1.09 bits per heavy atom. The highest BCUT2D eigenvalue weighted by Crippen LogP contribution is 2.19. The molecule has 34 heavy (non-hydrogen) atoms. The van der Waals surface area contributed by atoms with Gasteiger partial charge in [-0.05, 0) is 48.4 Å². The number of rotatable bonds is 11. The minimum atomic E-state index is -3.64. The maximum Gasteiger partial charge on any atom is 0.325 e. The molecule has 2 aromatic rings. The van der Waals surface area contributed by atoms with Crippen molar-refractivity contribution in [1.29, 1.82) is 0 Å². The summed E-state index contributed by atoms with van der Waals surface area (Å²) in [5, 5.41) is 2.52. The number of ether oxygens (including phenoxy) is 3. The molecule has 1 aliphatic heterocycles. The van der Waals surface area contributed by atoms with Crippen LogP contribution >= 0.6 is 0 Å². The summed E-state index contributed by atoms with van der Waals surface area (Å²) in [7, 11) is -3.64. The number of amides is 1. The lowest BCUT2D eigenvalue weighted by atomic mass is 10.2. The number of sulfonamides is 1. The molecule has 0 atom stereocenters. The van der Waals surface area contributed by atoms with Crippen LogP contribution in [0.5, 0.6) is 5.75 Å². The van der Waals surface area contributed by atoms with Crippen LogP contribution in [0.1, 0.15) is 35.7 Å². The van der Waals surface area contributed by atoms with Crippen LogP contribution in [0.3, 0.4) is 0 Å². The van der Waals surface area contributed by atoms with Crippen LogP contribution in [0.15, 0.2) is 53.4 Å². The van der Waals surface area contributed by atoms with Crippen molar-refractivity contribution in [2.75, 3.05) is 39.5 Å². The number of unbranched alkanes of at least 4 members (excludes halogenated alkanes) is 1. The van der Waals surface area contributed by atoms with E-state index in [-0.39, 0.29) is 18.0 Å². The molecule has 1 saturated heterocycles. The second-order valence-corrected chi connectivity index (χ2v) is 9.67. The van der Waals surface area contributed by atoms with Crippen LogP contribution in [0.2, 0.25) is 0 Å². The molecular formula is C24H30N2O7S. The average Bonchev–Trinajstić information content (AvgIpc) is 2.87. The fourth-order valence-corrected chi connectivity index (χ4v) is 4.72. The van der Waals surface area contributed by atoms with Crippen molar-refractivity contribution < 1.29 is 32.2 Å². The van der Waals surface area contributed by atoms with Crippen molar-refractivity contribution in [1.82, 2.24) is 9.62 Å². The molecule has 1 fully saturated rings. The van der Waals surface area contributed by atoms with Gasteiger partial charge in [0.05, 0.1) is 24.7 Å². The Bertz CT molecular complexity index is 1060. The molecule has 0 bridgehead atoms. The normalized spacial score (nSPS) is 14.4. The standard InChI is InChI=1S/C24H30N2O7S/c1-2-3-13-32-21-9-7-20(8-10-21)24(28)25-17-23(27)33-18-19-5-4-6-22(16-19)34(29,30)26-11-14-31-15-12-26/h4-10,16H,2-3,11-15,17-18H2,1H3,(H,25,28). The van der Waals surface area contributed by atoms with Gasteiger partial charge in [-0.1, -0.05) is 25.5 Å². The highest BCUT2D eigenvalue weighted by molar-refractivity contribution is 7.89. The molecule has 10 heteroatoms. The first-order valence-electron chi connectivity index (χ1n) is 11.2. The fourth-order valence-electron chi connectivity index (χ4n) is 3.24. The highest BCUT2D eigenvalue weighted by Gasteiger charge is 2.26. The van der Waals surface area contributed by atoms with Crippen molar-refractivity contribution in [2.45, 2.75) is 31.3 Å². The first kappa shape index (κ1) is 25.7. The Morgan fingerprint density at radius 2 is 1.82 bits per heavy atom. The van der Waals surface area contributed by atoms with Gasteiger partial charge in [0.2, 0.25) is 10.0 Å². The smallest absolute Gasteiger partial charge is 0.325 e. The lowest BCUT2D eigenvalue weighted by Crippen LogP contribution is -2.40. The Kier molecular flexibility index (Phi) is 9.43. The third-order valence-corrected chi connectivity index (χ3v) is 7.08. The van der Waals surface area contributed by atoms with Crippen LogP contribution in [-0.2, 0) is 30.9 Å². The Labute approximate surface area is 200 Å². The predicted octanol–water partition coefficient (Wildman–Crippen LogP) is 2.36. The number of benzene rings is 2. The van der Waals surface area contributed by atoms with E-state index in [1.807, 2.05) is 0 Å². The van der Waals surface area contributed by atoms with Crippen molar-refractivity contribution in [3.05, 3.63) is 59.7 Å². The lowest BCUT2D eigenvalue weighted by Gasteiger charge is -2.26. The molecule has 0 saturated carbocycles. The summed E-state index contributed by atoms with van der Waals surface area (Å²) in [4.78, 5) is 24.5. The minimum Gasteiger partial charge on any atom is -0.494 e. The van der Waals surface area contributed by atoms with Gasteiger partial charge in [-0.15, -0.1) is 0 Å². The summed E-state index contributed by atoms with van der Waals surface area (Å²) in [6.45, 7) is 3.61. The average molecular weight is 491 g/mol. The van der Waals surface area contributed by atoms with E-state index in [0.29, 0.717) is 49.8 Å². The van der Waals surface area contributed by atoms with E-state index in [1.165, 1.54) is 16.4 Å². The molecule has 184 valence electrons. The summed E-state index contributed by atoms with van der Waals surface area (Å²) >= 11 is 0. The molecule has 9 nitrogen and oxygen atoms in total. The molecule has 1 aliphatic rings. The van der Waals surface area contributed by atoms with Crippen LogP contribution in [0.4, 0.5) is 0 Å². The van der Waals surface area contributed by atoms with Crippen molar-refractivity contribution in [2.24, 2.45) is 0 Å². The first-order chi connectivity index (χ1) is 16.4. The van der Waals surface area contributed by atoms with Crippen molar-refractivity contribution in [3.63, 3.8) is 0 Å². The van der Waals surface area contributed by atoms with Gasteiger partial charge in [-0.25, -0.2) is 8.42 Å². The van der Waals surface area contributed by atoms with E-state index in [0.717, 1.165) is 12.8 Å². The number of morpholine rings is 1. The molecule has 1 N–H and O–H groups in total. The zero-order valence-electron chi connectivity index (χ0n) is 19.2. The number of esters is 1. The van der Waals surface area contributed by atoms with Crippen LogP contribution in [0, 0.1) is 0 Å². The number of carbonyl (C=O) groups excluding carboxylic acids is 2. The third-order valence-electron chi connectivity index (χ3n) is 5.18. The molecule has 0 aromatic heterocycles. The molecule has 1 amide bonds. The maximum absolute atomic E-state index is 12.8. The Balaban J connectivity index is 1.47. The fraction of sp³-hybridized carbons (Fsp3) is 0.417. The molecule has 0 spiro atoms. The van der Waals surface area contributed by atoms with E-state index in [4.69, 9.17) is 14.2 Å². The largest absolute Gasteiger partial charge is 0.494 e. The minimum absolute atomic E-state index is 0.106. The first-order valence-corrected chi connectivity index (χ1v) is 12.7. The third kappa shape index (κ3) is 7.28. The van der Waals surface area contributed by atoms with Gasteiger partial charge < -0.3 is 19.5 Å². The summed E-state index contributed by atoms with van der Waals surface area (Å²) in [5.74, 6) is -0.354. The molecular weight excluding hydrogens is 460 g/mol. The monoisotopic (exact) mass is 490 g/mol. The topological polar surface area (TPSA) is 111 Å². The number of hydrogen-bond acceptors (Lipinski definition) is 7. The highest BCUT2D eigenvalue weighted by atomic mass is 32.2. The quantitative estimate of drug-likeness (QED) is 0.380. The van der Waals surface area contributed by atoms with E-state index < -0.39 is 21.9 Å². The molecule has 3 rings (SSSR count). The SMILES string of the molecule is CCCCOc1ccc(C(=O)NCC(=O)OCc2cccc(S(=O)(=O)N3CCOCC3)c2)cc1. The van der Waals surface area contributed by atoms with E-state index in [1.54, 1.807) is 36.4 Å². The van der Waals surface area contributed by atoms with Gasteiger partial charge in [-0.3, -0.25) is 9.59 Å². The van der Waals surface area contributed by atoms with Crippen LogP contribution in [0.25, 0.3) is 0 Å². The summed E-state index contributed by atoms with van der Waals surface area (Å²) in [6, 6.07) is 13.0. The number of nitrogens with one attached hydrogen (secondary N) is 1. The molecule has 0 aliphatic carbocycles. The zero-order valence-corrected chi connectivity index (χ0v) is 20.0. The van der Waals surface area contributed by atoms with Crippen molar-refractivity contribution >= 4 is 21.9 Å². The molecule has 1 heterocycles. The second-order valence-electron chi connectivity index (χ2n) is 7.73. The van der Waals surface area contributed by atoms with E-state index in [9.17, 15) is 18.0 Å². The number of hydrogen-bond donors (Lipinski definition) is 1. The summed E-state index contributed by atoms with van der Waals surface area (Å²) in [5.41, 5.74) is 0.935. The molecule has 2 aromatic carbocycles. The number of carbonyl (C=O) groups is 2. The van der Waals surface area contributed by atoms with Gasteiger partial charge in [0, 0.05) is 18.7 Å². The Hall–Kier alpha value is -2.95. The predicted molar refractivity (Wildman–Crippen MR) is 125 cm³/mol. The van der Waals surface area contributed by atoms with E-state index >= 15 is 0 Å². The number of nitrogens with zero attached hydrogens (tertiary/aromatic N) is 1. The van der Waals surface area contributed by atoms with Crippen LogP contribution in [-0.4, -0.2) is 64.1 Å².